The highest BCUT2D eigenvalue weighted by atomic mass is 16.7. The van der Waals surface area contributed by atoms with E-state index in [0.29, 0.717) is 12.8 Å². The molecule has 0 fully saturated rings. The number of hydrogen-bond acceptors (Lipinski definition) is 3. The molecule has 1 aliphatic heterocycles. The van der Waals surface area contributed by atoms with E-state index < -0.39 is 0 Å². The lowest BCUT2D eigenvalue weighted by molar-refractivity contribution is 0.173. The van der Waals surface area contributed by atoms with Crippen molar-refractivity contribution < 1.29 is 9.47 Å². The second-order valence-corrected chi connectivity index (χ2v) is 5.92. The van der Waals surface area contributed by atoms with Crippen LogP contribution in [0.2, 0.25) is 0 Å². The summed E-state index contributed by atoms with van der Waals surface area (Å²) in [5, 5.41) is 0. The van der Waals surface area contributed by atoms with Crippen LogP contribution in [0, 0.1) is 5.92 Å². The van der Waals surface area contributed by atoms with Gasteiger partial charge in [0.15, 0.2) is 11.5 Å². The van der Waals surface area contributed by atoms with Gasteiger partial charge in [0.2, 0.25) is 6.79 Å². The van der Waals surface area contributed by atoms with Crippen LogP contribution in [0.3, 0.4) is 0 Å². The molecule has 0 spiro atoms. The first kappa shape index (κ1) is 12.8. The Bertz CT molecular complexity index is 470. The molecule has 2 atom stereocenters. The van der Waals surface area contributed by atoms with E-state index in [1.54, 1.807) is 0 Å². The quantitative estimate of drug-likeness (QED) is 0.829. The normalized spacial score (nSPS) is 24.0. The van der Waals surface area contributed by atoms with E-state index >= 15 is 0 Å². The molecule has 19 heavy (non-hydrogen) atoms. The number of benzene rings is 1. The minimum absolute atomic E-state index is 0.365. The number of fused-ring (bicyclic) bond motifs is 2. The topological polar surface area (TPSA) is 21.7 Å². The predicted molar refractivity (Wildman–Crippen MR) is 75.7 cm³/mol. The van der Waals surface area contributed by atoms with Gasteiger partial charge in [-0.15, -0.1) is 0 Å². The van der Waals surface area contributed by atoms with Crippen LogP contribution >= 0.6 is 0 Å². The molecule has 3 nitrogen and oxygen atoms in total. The standard InChI is InChI=1S/C16H23NO2/c1-4-5-6-11-7-12-8-14-15(19-10-18-14)9-13(12)16(11)17(2)3/h8-9,11,16H,4-7,10H2,1-3H3/t11-,16+/m1/s1. The molecular formula is C16H23NO2. The molecule has 1 aromatic carbocycles. The Morgan fingerprint density at radius 3 is 2.63 bits per heavy atom. The molecular weight excluding hydrogens is 238 g/mol. The summed E-state index contributed by atoms with van der Waals surface area (Å²) in [4.78, 5) is 2.36. The molecule has 1 heterocycles. The molecule has 3 rings (SSSR count). The van der Waals surface area contributed by atoms with Gasteiger partial charge in [0, 0.05) is 6.04 Å². The van der Waals surface area contributed by atoms with E-state index in [2.05, 4.69) is 38.1 Å². The molecule has 0 N–H and O–H groups in total. The van der Waals surface area contributed by atoms with Crippen molar-refractivity contribution in [3.8, 4) is 11.5 Å². The van der Waals surface area contributed by atoms with Gasteiger partial charge in [-0.2, -0.15) is 0 Å². The van der Waals surface area contributed by atoms with Crippen LogP contribution < -0.4 is 9.47 Å². The van der Waals surface area contributed by atoms with Gasteiger partial charge in [-0.3, -0.25) is 0 Å². The average Bonchev–Trinajstić information content (AvgIpc) is 2.95. The van der Waals surface area contributed by atoms with Gasteiger partial charge in [0.25, 0.3) is 0 Å². The third-order valence-corrected chi connectivity index (χ3v) is 4.37. The Kier molecular flexibility index (Phi) is 3.40. The molecule has 3 heteroatoms. The maximum absolute atomic E-state index is 5.53. The molecule has 1 aliphatic carbocycles. The SMILES string of the molecule is CCCC[C@@H]1Cc2cc3c(cc2[C@H]1N(C)C)OCO3. The maximum atomic E-state index is 5.53. The zero-order chi connectivity index (χ0) is 13.4. The van der Waals surface area contributed by atoms with Crippen LogP contribution in [-0.2, 0) is 6.42 Å². The first-order valence-electron chi connectivity index (χ1n) is 7.29. The van der Waals surface area contributed by atoms with E-state index in [0.717, 1.165) is 17.4 Å². The monoisotopic (exact) mass is 261 g/mol. The van der Waals surface area contributed by atoms with E-state index in [1.807, 2.05) is 0 Å². The lowest BCUT2D eigenvalue weighted by Crippen LogP contribution is -2.24. The molecule has 0 amide bonds. The van der Waals surface area contributed by atoms with Gasteiger partial charge >= 0.3 is 0 Å². The van der Waals surface area contributed by atoms with Crippen LogP contribution in [0.5, 0.6) is 11.5 Å². The summed E-state index contributed by atoms with van der Waals surface area (Å²) in [6, 6.07) is 4.92. The smallest absolute Gasteiger partial charge is 0.231 e. The molecule has 0 saturated carbocycles. The van der Waals surface area contributed by atoms with E-state index in [4.69, 9.17) is 9.47 Å². The Morgan fingerprint density at radius 1 is 1.21 bits per heavy atom. The molecule has 2 aliphatic rings. The third-order valence-electron chi connectivity index (χ3n) is 4.37. The van der Waals surface area contributed by atoms with Crippen molar-refractivity contribution in [2.45, 2.75) is 38.6 Å². The van der Waals surface area contributed by atoms with Crippen molar-refractivity contribution >= 4 is 0 Å². The first-order chi connectivity index (χ1) is 9.20. The molecule has 0 aromatic heterocycles. The number of unbranched alkanes of at least 4 members (excludes halogenated alkanes) is 1. The largest absolute Gasteiger partial charge is 0.454 e. The summed E-state index contributed by atoms with van der Waals surface area (Å²) in [5.74, 6) is 2.57. The Labute approximate surface area is 115 Å². The lowest BCUT2D eigenvalue weighted by Gasteiger charge is -2.27. The van der Waals surface area contributed by atoms with Crippen molar-refractivity contribution in [3.05, 3.63) is 23.3 Å². The van der Waals surface area contributed by atoms with Crippen LogP contribution in [0.4, 0.5) is 0 Å². The Hall–Kier alpha value is -1.22. The molecule has 0 saturated heterocycles. The third kappa shape index (κ3) is 2.20. The second-order valence-electron chi connectivity index (χ2n) is 5.92. The second kappa shape index (κ2) is 5.04. The molecule has 1 aromatic rings. The predicted octanol–water partition coefficient (Wildman–Crippen LogP) is 3.38. The zero-order valence-electron chi connectivity index (χ0n) is 12.1. The fourth-order valence-electron chi connectivity index (χ4n) is 3.53. The zero-order valence-corrected chi connectivity index (χ0v) is 12.1. The number of hydrogen-bond donors (Lipinski definition) is 0. The van der Waals surface area contributed by atoms with Crippen LogP contribution in [0.25, 0.3) is 0 Å². The molecule has 0 unspecified atom stereocenters. The fraction of sp³-hybridized carbons (Fsp3) is 0.625. The van der Waals surface area contributed by atoms with Crippen molar-refractivity contribution in [1.29, 1.82) is 0 Å². The van der Waals surface area contributed by atoms with Gasteiger partial charge in [0.1, 0.15) is 0 Å². The number of ether oxygens (including phenoxy) is 2. The summed E-state index contributed by atoms with van der Waals surface area (Å²) in [5.41, 5.74) is 2.89. The fourth-order valence-corrected chi connectivity index (χ4v) is 3.53. The van der Waals surface area contributed by atoms with Gasteiger partial charge < -0.3 is 14.4 Å². The highest BCUT2D eigenvalue weighted by Crippen LogP contribution is 2.46. The Morgan fingerprint density at radius 2 is 1.95 bits per heavy atom. The van der Waals surface area contributed by atoms with Gasteiger partial charge in [-0.1, -0.05) is 19.8 Å². The minimum Gasteiger partial charge on any atom is -0.454 e. The number of nitrogens with zero attached hydrogens (tertiary/aromatic N) is 1. The summed E-state index contributed by atoms with van der Waals surface area (Å²) in [7, 11) is 4.37. The summed E-state index contributed by atoms with van der Waals surface area (Å²) in [6.45, 7) is 2.63. The van der Waals surface area contributed by atoms with Crippen LogP contribution in [-0.4, -0.2) is 25.8 Å². The highest BCUT2D eigenvalue weighted by Gasteiger charge is 2.35. The molecule has 104 valence electrons. The Balaban J connectivity index is 1.91. The van der Waals surface area contributed by atoms with Crippen LogP contribution in [0.1, 0.15) is 43.4 Å². The average molecular weight is 261 g/mol. The molecule has 0 radical (unpaired) electrons. The first-order valence-corrected chi connectivity index (χ1v) is 7.29. The van der Waals surface area contributed by atoms with Gasteiger partial charge in [0.05, 0.1) is 0 Å². The maximum Gasteiger partial charge on any atom is 0.231 e. The van der Waals surface area contributed by atoms with E-state index in [1.165, 1.54) is 36.8 Å². The van der Waals surface area contributed by atoms with Crippen molar-refractivity contribution in [3.63, 3.8) is 0 Å². The summed E-state index contributed by atoms with van der Waals surface area (Å²) in [6.07, 6.45) is 5.07. The van der Waals surface area contributed by atoms with E-state index in [9.17, 15) is 0 Å². The lowest BCUT2D eigenvalue weighted by atomic mass is 9.94. The minimum atomic E-state index is 0.365. The van der Waals surface area contributed by atoms with E-state index in [-0.39, 0.29) is 0 Å². The van der Waals surface area contributed by atoms with Crippen molar-refractivity contribution in [2.24, 2.45) is 5.92 Å². The summed E-state index contributed by atoms with van der Waals surface area (Å²) < 4.78 is 11.0. The van der Waals surface area contributed by atoms with Crippen molar-refractivity contribution in [2.75, 3.05) is 20.9 Å². The number of rotatable bonds is 4. The summed E-state index contributed by atoms with van der Waals surface area (Å²) >= 11 is 0. The van der Waals surface area contributed by atoms with Gasteiger partial charge in [-0.25, -0.2) is 0 Å². The van der Waals surface area contributed by atoms with Crippen LogP contribution in [0.15, 0.2) is 12.1 Å². The highest BCUT2D eigenvalue weighted by molar-refractivity contribution is 5.51. The van der Waals surface area contributed by atoms with Gasteiger partial charge in [-0.05, 0) is 56.1 Å². The van der Waals surface area contributed by atoms with Crippen molar-refractivity contribution in [1.82, 2.24) is 4.90 Å². The molecule has 0 bridgehead atoms.